The van der Waals surface area contributed by atoms with Crippen LogP contribution in [0.25, 0.3) is 0 Å². The molecule has 0 bridgehead atoms. The van der Waals surface area contributed by atoms with E-state index in [1.807, 2.05) is 20.8 Å². The first kappa shape index (κ1) is 17.7. The number of carbonyl (C=O) groups is 1. The summed E-state index contributed by atoms with van der Waals surface area (Å²) in [6, 6.07) is 4.59. The molecule has 2 rings (SSSR count). The first-order chi connectivity index (χ1) is 10.7. The smallest absolute Gasteiger partial charge is 0.410 e. The van der Waals surface area contributed by atoms with E-state index in [0.29, 0.717) is 18.7 Å². The van der Waals surface area contributed by atoms with Crippen molar-refractivity contribution in [3.63, 3.8) is 0 Å². The van der Waals surface area contributed by atoms with Crippen LogP contribution in [-0.4, -0.2) is 34.8 Å². The Balaban J connectivity index is 2.06. The zero-order valence-corrected chi connectivity index (χ0v) is 14.3. The number of rotatable bonds is 2. The molecule has 1 N–H and O–H groups in total. The van der Waals surface area contributed by atoms with Crippen molar-refractivity contribution in [2.24, 2.45) is 5.92 Å². The second-order valence-corrected chi connectivity index (χ2v) is 7.34. The van der Waals surface area contributed by atoms with Gasteiger partial charge in [0.1, 0.15) is 11.4 Å². The molecular weight excluding hydrogens is 297 g/mol. The number of aryl methyl sites for hydroxylation is 1. The molecule has 5 heteroatoms. The topological polar surface area (TPSA) is 49.8 Å². The molecule has 1 fully saturated rings. The minimum absolute atomic E-state index is 0.113. The van der Waals surface area contributed by atoms with Crippen LogP contribution in [0.3, 0.4) is 0 Å². The summed E-state index contributed by atoms with van der Waals surface area (Å²) in [7, 11) is 0. The van der Waals surface area contributed by atoms with Crippen molar-refractivity contribution in [1.82, 2.24) is 4.90 Å². The molecular formula is C18H26FNO3. The molecule has 1 aromatic rings. The molecule has 0 aliphatic carbocycles. The maximum absolute atomic E-state index is 13.6. The zero-order valence-electron chi connectivity index (χ0n) is 14.3. The molecule has 1 aliphatic heterocycles. The van der Waals surface area contributed by atoms with Crippen molar-refractivity contribution in [1.29, 1.82) is 0 Å². The molecule has 1 saturated heterocycles. The Hall–Kier alpha value is -1.62. The summed E-state index contributed by atoms with van der Waals surface area (Å²) in [6.45, 7) is 8.34. The highest BCUT2D eigenvalue weighted by atomic mass is 19.1. The molecule has 4 nitrogen and oxygen atoms in total. The highest BCUT2D eigenvalue weighted by Gasteiger charge is 2.31. The van der Waals surface area contributed by atoms with E-state index in [4.69, 9.17) is 4.74 Å². The third-order valence-electron chi connectivity index (χ3n) is 3.96. The predicted octanol–water partition coefficient (Wildman–Crippen LogP) is 3.81. The van der Waals surface area contributed by atoms with Crippen molar-refractivity contribution < 1.29 is 19.0 Å². The Morgan fingerprint density at radius 2 is 2.09 bits per heavy atom. The normalized spacial score (nSPS) is 20.3. The Labute approximate surface area is 137 Å². The van der Waals surface area contributed by atoms with Crippen LogP contribution in [-0.2, 0) is 4.74 Å². The Morgan fingerprint density at radius 3 is 2.70 bits per heavy atom. The zero-order chi connectivity index (χ0) is 17.2. The average Bonchev–Trinajstić information content (AvgIpc) is 2.44. The van der Waals surface area contributed by atoms with Crippen LogP contribution < -0.4 is 0 Å². The molecule has 1 aromatic carbocycles. The maximum Gasteiger partial charge on any atom is 0.410 e. The van der Waals surface area contributed by atoms with Crippen LogP contribution in [0.15, 0.2) is 18.2 Å². The Bertz CT molecular complexity index is 548. The summed E-state index contributed by atoms with van der Waals surface area (Å²) in [5, 5.41) is 10.6. The predicted molar refractivity (Wildman–Crippen MR) is 86.6 cm³/mol. The van der Waals surface area contributed by atoms with Gasteiger partial charge in [-0.25, -0.2) is 9.18 Å². The molecule has 0 spiro atoms. The maximum atomic E-state index is 13.6. The van der Waals surface area contributed by atoms with E-state index in [1.54, 1.807) is 17.9 Å². The fourth-order valence-electron chi connectivity index (χ4n) is 2.97. The van der Waals surface area contributed by atoms with Gasteiger partial charge in [0, 0.05) is 19.0 Å². The van der Waals surface area contributed by atoms with Crippen molar-refractivity contribution >= 4 is 6.09 Å². The first-order valence-electron chi connectivity index (χ1n) is 8.09. The van der Waals surface area contributed by atoms with Crippen LogP contribution in [0.1, 0.15) is 50.8 Å². The number of amides is 1. The van der Waals surface area contributed by atoms with Gasteiger partial charge >= 0.3 is 6.09 Å². The van der Waals surface area contributed by atoms with Gasteiger partial charge in [0.2, 0.25) is 0 Å². The number of halogens is 1. The van der Waals surface area contributed by atoms with E-state index >= 15 is 0 Å². The number of piperidine rings is 1. The molecule has 1 heterocycles. The third-order valence-corrected chi connectivity index (χ3v) is 3.96. The van der Waals surface area contributed by atoms with E-state index in [0.717, 1.165) is 18.4 Å². The monoisotopic (exact) mass is 323 g/mol. The number of aliphatic hydroxyl groups is 1. The number of nitrogens with zero attached hydrogens (tertiary/aromatic N) is 1. The molecule has 1 aliphatic rings. The minimum Gasteiger partial charge on any atom is -0.444 e. The van der Waals surface area contributed by atoms with E-state index in [-0.39, 0.29) is 17.8 Å². The SMILES string of the molecule is Cc1cc(F)cc(C(O)C2CCCN(C(=O)OC(C)(C)C)C2)c1. The lowest BCUT2D eigenvalue weighted by atomic mass is 9.88. The quantitative estimate of drug-likeness (QED) is 0.900. The number of likely N-dealkylation sites (tertiary alicyclic amines) is 1. The van der Waals surface area contributed by atoms with Gasteiger partial charge in [-0.3, -0.25) is 0 Å². The molecule has 128 valence electrons. The van der Waals surface area contributed by atoms with Crippen LogP contribution in [0.2, 0.25) is 0 Å². The molecule has 2 unspecified atom stereocenters. The second kappa shape index (κ2) is 6.87. The summed E-state index contributed by atoms with van der Waals surface area (Å²) < 4.78 is 18.9. The summed E-state index contributed by atoms with van der Waals surface area (Å²) in [4.78, 5) is 13.8. The number of ether oxygens (including phenoxy) is 1. The standard InChI is InChI=1S/C18H26FNO3/c1-12-8-14(10-15(19)9-12)16(21)13-6-5-7-20(11-13)17(22)23-18(2,3)4/h8-10,13,16,21H,5-7,11H2,1-4H3. The first-order valence-corrected chi connectivity index (χ1v) is 8.09. The van der Waals surface area contributed by atoms with Crippen LogP contribution >= 0.6 is 0 Å². The van der Waals surface area contributed by atoms with Crippen molar-refractivity contribution in [3.05, 3.63) is 35.1 Å². The van der Waals surface area contributed by atoms with Gasteiger partial charge in [0.15, 0.2) is 0 Å². The average molecular weight is 323 g/mol. The van der Waals surface area contributed by atoms with E-state index in [9.17, 15) is 14.3 Å². The fourth-order valence-corrected chi connectivity index (χ4v) is 2.97. The van der Waals surface area contributed by atoms with Crippen LogP contribution in [0.5, 0.6) is 0 Å². The second-order valence-electron chi connectivity index (χ2n) is 7.34. The van der Waals surface area contributed by atoms with Gasteiger partial charge in [-0.2, -0.15) is 0 Å². The van der Waals surface area contributed by atoms with Gasteiger partial charge in [-0.1, -0.05) is 6.07 Å². The third kappa shape index (κ3) is 4.93. The van der Waals surface area contributed by atoms with E-state index in [1.165, 1.54) is 12.1 Å². The molecule has 23 heavy (non-hydrogen) atoms. The van der Waals surface area contributed by atoms with Crippen LogP contribution in [0.4, 0.5) is 9.18 Å². The summed E-state index contributed by atoms with van der Waals surface area (Å²) >= 11 is 0. The molecule has 1 amide bonds. The van der Waals surface area contributed by atoms with E-state index in [2.05, 4.69) is 0 Å². The minimum atomic E-state index is -0.783. The number of carbonyl (C=O) groups excluding carboxylic acids is 1. The lowest BCUT2D eigenvalue weighted by Crippen LogP contribution is -2.44. The lowest BCUT2D eigenvalue weighted by molar-refractivity contribution is 0.00233. The van der Waals surface area contributed by atoms with Gasteiger partial charge in [0.25, 0.3) is 0 Å². The van der Waals surface area contributed by atoms with Crippen molar-refractivity contribution in [2.75, 3.05) is 13.1 Å². The molecule has 0 saturated carbocycles. The van der Waals surface area contributed by atoms with Crippen molar-refractivity contribution in [2.45, 2.75) is 52.2 Å². The number of benzene rings is 1. The van der Waals surface area contributed by atoms with Crippen LogP contribution in [0, 0.1) is 18.7 Å². The highest BCUT2D eigenvalue weighted by Crippen LogP contribution is 2.31. The highest BCUT2D eigenvalue weighted by molar-refractivity contribution is 5.68. The number of aliphatic hydroxyl groups excluding tert-OH is 1. The molecule has 0 radical (unpaired) electrons. The number of hydrogen-bond acceptors (Lipinski definition) is 3. The molecule has 2 atom stereocenters. The largest absolute Gasteiger partial charge is 0.444 e. The number of hydrogen-bond donors (Lipinski definition) is 1. The summed E-state index contributed by atoms with van der Waals surface area (Å²) in [5.41, 5.74) is 0.805. The summed E-state index contributed by atoms with van der Waals surface area (Å²) in [5.74, 6) is -0.462. The Kier molecular flexibility index (Phi) is 5.30. The summed E-state index contributed by atoms with van der Waals surface area (Å²) in [6.07, 6.45) is 0.463. The van der Waals surface area contributed by atoms with Crippen molar-refractivity contribution in [3.8, 4) is 0 Å². The van der Waals surface area contributed by atoms with E-state index < -0.39 is 11.7 Å². The van der Waals surface area contributed by atoms with Gasteiger partial charge in [0.05, 0.1) is 6.10 Å². The lowest BCUT2D eigenvalue weighted by Gasteiger charge is -2.36. The van der Waals surface area contributed by atoms with Gasteiger partial charge in [-0.05, 0) is 63.8 Å². The molecule has 0 aromatic heterocycles. The Morgan fingerprint density at radius 1 is 1.39 bits per heavy atom. The van der Waals surface area contributed by atoms with Gasteiger partial charge < -0.3 is 14.7 Å². The fraction of sp³-hybridized carbons (Fsp3) is 0.611. The van der Waals surface area contributed by atoms with Gasteiger partial charge in [-0.15, -0.1) is 0 Å².